The van der Waals surface area contributed by atoms with E-state index in [0.29, 0.717) is 6.54 Å². The fraction of sp³-hybridized carbons (Fsp3) is 0.909. The number of nitrogens with one attached hydrogen (secondary N) is 1. The van der Waals surface area contributed by atoms with Crippen molar-refractivity contribution < 1.29 is 9.53 Å². The zero-order valence-electron chi connectivity index (χ0n) is 9.21. The summed E-state index contributed by atoms with van der Waals surface area (Å²) in [4.78, 5) is 11.2. The first-order chi connectivity index (χ1) is 6.76. The van der Waals surface area contributed by atoms with Gasteiger partial charge in [-0.2, -0.15) is 0 Å². The van der Waals surface area contributed by atoms with Gasteiger partial charge in [0.2, 0.25) is 0 Å². The van der Waals surface area contributed by atoms with Crippen molar-refractivity contribution in [2.75, 3.05) is 13.6 Å². The summed E-state index contributed by atoms with van der Waals surface area (Å²) in [5.74, 6) is 0.644. The van der Waals surface area contributed by atoms with Crippen LogP contribution in [0.3, 0.4) is 0 Å². The van der Waals surface area contributed by atoms with Gasteiger partial charge in [0.25, 0.3) is 0 Å². The van der Waals surface area contributed by atoms with Crippen LogP contribution in [0.4, 0.5) is 0 Å². The SMILES string of the molecule is CCC1CCCC(OC(=O)CNC)C1. The Labute approximate surface area is 86.2 Å². The fourth-order valence-corrected chi connectivity index (χ4v) is 2.09. The Morgan fingerprint density at radius 3 is 2.93 bits per heavy atom. The van der Waals surface area contributed by atoms with Crippen LogP contribution in [0.1, 0.15) is 39.0 Å². The minimum Gasteiger partial charge on any atom is -0.461 e. The lowest BCUT2D eigenvalue weighted by Gasteiger charge is -2.28. The first kappa shape index (κ1) is 11.5. The van der Waals surface area contributed by atoms with E-state index in [9.17, 15) is 4.79 Å². The molecule has 3 heteroatoms. The molecule has 0 amide bonds. The Morgan fingerprint density at radius 2 is 2.29 bits per heavy atom. The molecule has 0 radical (unpaired) electrons. The molecule has 14 heavy (non-hydrogen) atoms. The molecular formula is C11H21NO2. The predicted molar refractivity (Wildman–Crippen MR) is 56.1 cm³/mol. The Morgan fingerprint density at radius 1 is 1.50 bits per heavy atom. The largest absolute Gasteiger partial charge is 0.461 e. The van der Waals surface area contributed by atoms with E-state index in [1.165, 1.54) is 19.3 Å². The lowest BCUT2D eigenvalue weighted by atomic mass is 9.85. The maximum absolute atomic E-state index is 11.2. The Balaban J connectivity index is 2.26. The quantitative estimate of drug-likeness (QED) is 0.701. The Hall–Kier alpha value is -0.570. The second-order valence-corrected chi connectivity index (χ2v) is 4.08. The van der Waals surface area contributed by atoms with Gasteiger partial charge in [-0.05, 0) is 32.2 Å². The van der Waals surface area contributed by atoms with Crippen LogP contribution in [-0.2, 0) is 9.53 Å². The molecule has 1 saturated carbocycles. The van der Waals surface area contributed by atoms with E-state index >= 15 is 0 Å². The zero-order chi connectivity index (χ0) is 10.4. The van der Waals surface area contributed by atoms with Gasteiger partial charge in [-0.25, -0.2) is 0 Å². The van der Waals surface area contributed by atoms with Gasteiger partial charge in [-0.1, -0.05) is 19.8 Å². The number of hydrogen-bond donors (Lipinski definition) is 1. The summed E-state index contributed by atoms with van der Waals surface area (Å²) in [6, 6.07) is 0. The molecule has 1 N–H and O–H groups in total. The molecule has 0 aromatic carbocycles. The molecule has 1 aliphatic rings. The molecule has 0 spiro atoms. The van der Waals surface area contributed by atoms with E-state index < -0.39 is 0 Å². The molecule has 0 aromatic heterocycles. The van der Waals surface area contributed by atoms with Crippen molar-refractivity contribution in [3.8, 4) is 0 Å². The van der Waals surface area contributed by atoms with Crippen LogP contribution in [0.5, 0.6) is 0 Å². The van der Waals surface area contributed by atoms with Crippen molar-refractivity contribution >= 4 is 5.97 Å². The predicted octanol–water partition coefficient (Wildman–Crippen LogP) is 1.72. The minimum atomic E-state index is -0.116. The Bertz CT molecular complexity index is 182. The highest BCUT2D eigenvalue weighted by molar-refractivity contribution is 5.71. The number of carbonyl (C=O) groups is 1. The average molecular weight is 199 g/mol. The van der Waals surface area contributed by atoms with Crippen LogP contribution in [0.2, 0.25) is 0 Å². The van der Waals surface area contributed by atoms with Gasteiger partial charge in [0.05, 0.1) is 6.54 Å². The third-order valence-electron chi connectivity index (χ3n) is 2.93. The summed E-state index contributed by atoms with van der Waals surface area (Å²) in [5, 5.41) is 2.81. The molecule has 3 nitrogen and oxygen atoms in total. The molecule has 1 rings (SSSR count). The normalized spacial score (nSPS) is 27.3. The molecule has 0 heterocycles. The van der Waals surface area contributed by atoms with Gasteiger partial charge < -0.3 is 10.1 Å². The first-order valence-electron chi connectivity index (χ1n) is 5.60. The second-order valence-electron chi connectivity index (χ2n) is 4.08. The van der Waals surface area contributed by atoms with E-state index in [-0.39, 0.29) is 12.1 Å². The lowest BCUT2D eigenvalue weighted by Crippen LogP contribution is -2.29. The van der Waals surface area contributed by atoms with E-state index in [1.807, 2.05) is 0 Å². The van der Waals surface area contributed by atoms with Crippen LogP contribution in [0.15, 0.2) is 0 Å². The fourth-order valence-electron chi connectivity index (χ4n) is 2.09. The number of rotatable bonds is 4. The highest BCUT2D eigenvalue weighted by Crippen LogP contribution is 2.28. The molecule has 82 valence electrons. The van der Waals surface area contributed by atoms with Gasteiger partial charge >= 0.3 is 5.97 Å². The van der Waals surface area contributed by atoms with Gasteiger partial charge in [0.15, 0.2) is 0 Å². The molecule has 1 aliphatic carbocycles. The minimum absolute atomic E-state index is 0.116. The van der Waals surface area contributed by atoms with E-state index in [0.717, 1.165) is 18.8 Å². The summed E-state index contributed by atoms with van der Waals surface area (Å²) < 4.78 is 5.36. The monoisotopic (exact) mass is 199 g/mol. The molecule has 0 bridgehead atoms. The van der Waals surface area contributed by atoms with Gasteiger partial charge in [0, 0.05) is 0 Å². The van der Waals surface area contributed by atoms with Crippen molar-refractivity contribution in [2.24, 2.45) is 5.92 Å². The maximum Gasteiger partial charge on any atom is 0.320 e. The van der Waals surface area contributed by atoms with Crippen LogP contribution in [0.25, 0.3) is 0 Å². The molecule has 1 fully saturated rings. The standard InChI is InChI=1S/C11H21NO2/c1-3-9-5-4-6-10(7-9)14-11(13)8-12-2/h9-10,12H,3-8H2,1-2H3. The van der Waals surface area contributed by atoms with Crippen molar-refractivity contribution in [1.29, 1.82) is 0 Å². The summed E-state index contributed by atoms with van der Waals surface area (Å²) in [6.45, 7) is 2.54. The Kier molecular flexibility index (Phi) is 4.94. The maximum atomic E-state index is 11.2. The van der Waals surface area contributed by atoms with E-state index in [2.05, 4.69) is 12.2 Å². The summed E-state index contributed by atoms with van der Waals surface area (Å²) >= 11 is 0. The van der Waals surface area contributed by atoms with Crippen molar-refractivity contribution in [3.63, 3.8) is 0 Å². The number of likely N-dealkylation sites (N-methyl/N-ethyl adjacent to an activating group) is 1. The molecule has 2 unspecified atom stereocenters. The van der Waals surface area contributed by atoms with Crippen molar-refractivity contribution in [2.45, 2.75) is 45.1 Å². The number of ether oxygens (including phenoxy) is 1. The lowest BCUT2D eigenvalue weighted by molar-refractivity contribution is -0.150. The molecule has 2 atom stereocenters. The third-order valence-corrected chi connectivity index (χ3v) is 2.93. The first-order valence-corrected chi connectivity index (χ1v) is 5.60. The molecule has 0 aromatic rings. The van der Waals surface area contributed by atoms with Crippen LogP contribution in [-0.4, -0.2) is 25.7 Å². The molecule has 0 saturated heterocycles. The third kappa shape index (κ3) is 3.66. The van der Waals surface area contributed by atoms with Gasteiger partial charge in [-0.15, -0.1) is 0 Å². The molecule has 0 aliphatic heterocycles. The number of carbonyl (C=O) groups excluding carboxylic acids is 1. The summed E-state index contributed by atoms with van der Waals surface area (Å²) in [5.41, 5.74) is 0. The van der Waals surface area contributed by atoms with E-state index in [4.69, 9.17) is 4.74 Å². The average Bonchev–Trinajstić information content (AvgIpc) is 2.18. The number of esters is 1. The van der Waals surface area contributed by atoms with Crippen molar-refractivity contribution in [3.05, 3.63) is 0 Å². The number of hydrogen-bond acceptors (Lipinski definition) is 3. The summed E-state index contributed by atoms with van der Waals surface area (Å²) in [6.07, 6.45) is 6.00. The topological polar surface area (TPSA) is 38.3 Å². The zero-order valence-corrected chi connectivity index (χ0v) is 9.21. The van der Waals surface area contributed by atoms with Gasteiger partial charge in [-0.3, -0.25) is 4.79 Å². The molecular weight excluding hydrogens is 178 g/mol. The van der Waals surface area contributed by atoms with Crippen LogP contribution >= 0.6 is 0 Å². The summed E-state index contributed by atoms with van der Waals surface area (Å²) in [7, 11) is 1.76. The van der Waals surface area contributed by atoms with Gasteiger partial charge in [0.1, 0.15) is 6.10 Å². The highest BCUT2D eigenvalue weighted by Gasteiger charge is 2.23. The van der Waals surface area contributed by atoms with Crippen molar-refractivity contribution in [1.82, 2.24) is 5.32 Å². The smallest absolute Gasteiger partial charge is 0.320 e. The van der Waals surface area contributed by atoms with E-state index in [1.54, 1.807) is 7.05 Å². The van der Waals surface area contributed by atoms with Crippen LogP contribution < -0.4 is 5.32 Å². The second kappa shape index (κ2) is 6.02. The highest BCUT2D eigenvalue weighted by atomic mass is 16.5. The van der Waals surface area contributed by atoms with Crippen LogP contribution in [0, 0.1) is 5.92 Å².